The molecule has 100 valence electrons. The lowest BCUT2D eigenvalue weighted by Crippen LogP contribution is -2.55. The molecular weight excluding hydrogens is 222 g/mol. The van der Waals surface area contributed by atoms with Gasteiger partial charge < -0.3 is 10.1 Å². The van der Waals surface area contributed by atoms with Crippen LogP contribution in [-0.4, -0.2) is 6.73 Å². The number of benzene rings is 1. The summed E-state index contributed by atoms with van der Waals surface area (Å²) in [6, 6.07) is 8.51. The van der Waals surface area contributed by atoms with E-state index in [-0.39, 0.29) is 16.4 Å². The van der Waals surface area contributed by atoms with E-state index < -0.39 is 0 Å². The average Bonchev–Trinajstić information content (AvgIpc) is 2.25. The second-order valence-electron chi connectivity index (χ2n) is 7.19. The van der Waals surface area contributed by atoms with E-state index in [4.69, 9.17) is 4.74 Å². The third-order valence-corrected chi connectivity index (χ3v) is 3.97. The summed E-state index contributed by atoms with van der Waals surface area (Å²) >= 11 is 0. The van der Waals surface area contributed by atoms with Crippen LogP contribution < -0.4 is 5.32 Å². The fourth-order valence-electron chi connectivity index (χ4n) is 3.61. The number of rotatable bonds is 0. The van der Waals surface area contributed by atoms with Gasteiger partial charge in [0.2, 0.25) is 0 Å². The Morgan fingerprint density at radius 2 is 1.56 bits per heavy atom. The first-order valence-corrected chi connectivity index (χ1v) is 6.67. The largest absolute Gasteiger partial charge is 0.362 e. The van der Waals surface area contributed by atoms with E-state index in [1.165, 1.54) is 11.3 Å². The van der Waals surface area contributed by atoms with Gasteiger partial charge >= 0.3 is 0 Å². The molecule has 1 aliphatic heterocycles. The highest BCUT2D eigenvalue weighted by Crippen LogP contribution is 2.56. The maximum absolute atomic E-state index is 6.31. The summed E-state index contributed by atoms with van der Waals surface area (Å²) in [5, 5.41) is 3.34. The quantitative estimate of drug-likeness (QED) is 0.735. The molecule has 0 saturated carbocycles. The molecule has 1 heterocycles. The number of anilines is 1. The highest BCUT2D eigenvalue weighted by molar-refractivity contribution is 5.56. The topological polar surface area (TPSA) is 21.3 Å². The van der Waals surface area contributed by atoms with Crippen molar-refractivity contribution in [2.24, 2.45) is 10.8 Å². The minimum Gasteiger partial charge on any atom is -0.362 e. The van der Waals surface area contributed by atoms with Gasteiger partial charge in [-0.25, -0.2) is 0 Å². The van der Waals surface area contributed by atoms with E-state index >= 15 is 0 Å². The molecule has 2 nitrogen and oxygen atoms in total. The van der Waals surface area contributed by atoms with Crippen LogP contribution in [0.15, 0.2) is 24.3 Å². The number of fused-ring (bicyclic) bond motifs is 1. The van der Waals surface area contributed by atoms with Crippen LogP contribution in [0.3, 0.4) is 0 Å². The SMILES string of the molecule is CC(C)(C)C1(C(C)(C)C)OCNc2ccccc21. The monoisotopic (exact) mass is 247 g/mol. The first-order valence-electron chi connectivity index (χ1n) is 6.67. The Morgan fingerprint density at radius 3 is 2.11 bits per heavy atom. The molecule has 0 fully saturated rings. The second-order valence-corrected chi connectivity index (χ2v) is 7.19. The van der Waals surface area contributed by atoms with E-state index in [0.717, 1.165) is 0 Å². The van der Waals surface area contributed by atoms with Gasteiger partial charge in [-0.05, 0) is 16.9 Å². The summed E-state index contributed by atoms with van der Waals surface area (Å²) in [4.78, 5) is 0. The Hall–Kier alpha value is -1.02. The molecule has 1 aliphatic rings. The Bertz CT molecular complexity index is 423. The van der Waals surface area contributed by atoms with Gasteiger partial charge in [-0.3, -0.25) is 0 Å². The van der Waals surface area contributed by atoms with Crippen molar-refractivity contribution in [2.75, 3.05) is 12.0 Å². The summed E-state index contributed by atoms with van der Waals surface area (Å²) in [6.07, 6.45) is 0. The highest BCUT2D eigenvalue weighted by atomic mass is 16.5. The predicted molar refractivity (Wildman–Crippen MR) is 76.6 cm³/mol. The first kappa shape index (κ1) is 13.4. The van der Waals surface area contributed by atoms with Crippen LogP contribution in [0.5, 0.6) is 0 Å². The van der Waals surface area contributed by atoms with Gasteiger partial charge in [0.25, 0.3) is 0 Å². The molecule has 0 saturated heterocycles. The molecule has 0 bridgehead atoms. The zero-order valence-corrected chi connectivity index (χ0v) is 12.4. The summed E-state index contributed by atoms with van der Waals surface area (Å²) in [6.45, 7) is 14.2. The lowest BCUT2D eigenvalue weighted by atomic mass is 9.58. The van der Waals surface area contributed by atoms with Crippen LogP contribution in [0, 0.1) is 10.8 Å². The normalized spacial score (nSPS) is 19.0. The Kier molecular flexibility index (Phi) is 2.97. The summed E-state index contributed by atoms with van der Waals surface area (Å²) in [5.41, 5.74) is 2.26. The maximum Gasteiger partial charge on any atom is 0.117 e. The molecule has 0 unspecified atom stereocenters. The van der Waals surface area contributed by atoms with Crippen molar-refractivity contribution >= 4 is 5.69 Å². The van der Waals surface area contributed by atoms with Crippen LogP contribution in [0.1, 0.15) is 47.1 Å². The minimum absolute atomic E-state index is 0.0312. The van der Waals surface area contributed by atoms with Crippen LogP contribution in [0.25, 0.3) is 0 Å². The standard InChI is InChI=1S/C16H25NO/c1-14(2,3)16(15(4,5)6)12-9-7-8-10-13(12)17-11-18-16/h7-10,17H,11H2,1-6H3. The van der Waals surface area contributed by atoms with Crippen LogP contribution in [-0.2, 0) is 10.3 Å². The molecule has 0 amide bonds. The van der Waals surface area contributed by atoms with E-state index in [2.05, 4.69) is 71.1 Å². The van der Waals surface area contributed by atoms with Gasteiger partial charge in [0.1, 0.15) is 12.3 Å². The van der Waals surface area contributed by atoms with E-state index in [1.54, 1.807) is 0 Å². The van der Waals surface area contributed by atoms with Gasteiger partial charge in [0.05, 0.1) is 0 Å². The van der Waals surface area contributed by atoms with Crippen molar-refractivity contribution in [1.82, 2.24) is 0 Å². The van der Waals surface area contributed by atoms with Crippen LogP contribution in [0.2, 0.25) is 0 Å². The van der Waals surface area contributed by atoms with Crippen molar-refractivity contribution in [2.45, 2.75) is 47.1 Å². The zero-order chi connectivity index (χ0) is 13.6. The molecule has 1 aromatic rings. The Balaban J connectivity index is 2.72. The third-order valence-electron chi connectivity index (χ3n) is 3.97. The molecule has 0 spiro atoms. The lowest BCUT2D eigenvalue weighted by molar-refractivity contribution is -0.189. The summed E-state index contributed by atoms with van der Waals surface area (Å²) in [7, 11) is 0. The second kappa shape index (κ2) is 3.99. The molecule has 18 heavy (non-hydrogen) atoms. The lowest BCUT2D eigenvalue weighted by Gasteiger charge is -2.55. The van der Waals surface area contributed by atoms with Crippen molar-refractivity contribution in [1.29, 1.82) is 0 Å². The number of hydrogen-bond acceptors (Lipinski definition) is 2. The highest BCUT2D eigenvalue weighted by Gasteiger charge is 2.55. The van der Waals surface area contributed by atoms with Crippen LogP contribution in [0.4, 0.5) is 5.69 Å². The third kappa shape index (κ3) is 1.74. The van der Waals surface area contributed by atoms with Gasteiger partial charge in [0, 0.05) is 11.3 Å². The molecule has 1 N–H and O–H groups in total. The van der Waals surface area contributed by atoms with E-state index in [1.807, 2.05) is 0 Å². The summed E-state index contributed by atoms with van der Waals surface area (Å²) in [5.74, 6) is 0. The van der Waals surface area contributed by atoms with E-state index in [9.17, 15) is 0 Å². The molecule has 2 heteroatoms. The van der Waals surface area contributed by atoms with Crippen molar-refractivity contribution in [3.8, 4) is 0 Å². The fraction of sp³-hybridized carbons (Fsp3) is 0.625. The number of nitrogens with one attached hydrogen (secondary N) is 1. The smallest absolute Gasteiger partial charge is 0.117 e. The van der Waals surface area contributed by atoms with E-state index in [0.29, 0.717) is 6.73 Å². The van der Waals surface area contributed by atoms with Crippen molar-refractivity contribution in [3.63, 3.8) is 0 Å². The molecule has 0 aliphatic carbocycles. The molecule has 1 aromatic carbocycles. The van der Waals surface area contributed by atoms with Crippen LogP contribution >= 0.6 is 0 Å². The number of ether oxygens (including phenoxy) is 1. The number of hydrogen-bond donors (Lipinski definition) is 1. The molecule has 2 rings (SSSR count). The molecule has 0 atom stereocenters. The van der Waals surface area contributed by atoms with Crippen molar-refractivity contribution in [3.05, 3.63) is 29.8 Å². The predicted octanol–water partition coefficient (Wildman–Crippen LogP) is 4.37. The van der Waals surface area contributed by atoms with Gasteiger partial charge in [0.15, 0.2) is 0 Å². The number of para-hydroxylation sites is 1. The fourth-order valence-corrected chi connectivity index (χ4v) is 3.61. The van der Waals surface area contributed by atoms with Crippen molar-refractivity contribution < 1.29 is 4.74 Å². The van der Waals surface area contributed by atoms with Gasteiger partial charge in [-0.1, -0.05) is 59.7 Å². The minimum atomic E-state index is -0.276. The molecule has 0 aromatic heterocycles. The van der Waals surface area contributed by atoms with Gasteiger partial charge in [-0.2, -0.15) is 0 Å². The Morgan fingerprint density at radius 1 is 1.00 bits per heavy atom. The Labute approximate surface area is 111 Å². The van der Waals surface area contributed by atoms with Gasteiger partial charge in [-0.15, -0.1) is 0 Å². The molecule has 0 radical (unpaired) electrons. The first-order chi connectivity index (χ1) is 8.20. The average molecular weight is 247 g/mol. The maximum atomic E-state index is 6.31. The zero-order valence-electron chi connectivity index (χ0n) is 12.4. The molecular formula is C16H25NO. The summed E-state index contributed by atoms with van der Waals surface area (Å²) < 4.78 is 6.31.